The van der Waals surface area contributed by atoms with Crippen LogP contribution in [-0.2, 0) is 0 Å². The van der Waals surface area contributed by atoms with Crippen LogP contribution in [0.3, 0.4) is 0 Å². The first-order valence-electron chi connectivity index (χ1n) is 10.6. The van der Waals surface area contributed by atoms with Crippen LogP contribution in [-0.4, -0.2) is 14.2 Å². The van der Waals surface area contributed by atoms with Gasteiger partial charge in [0.1, 0.15) is 11.5 Å². The lowest BCUT2D eigenvalue weighted by Crippen LogP contribution is -1.96. The Bertz CT molecular complexity index is 1400. The van der Waals surface area contributed by atoms with E-state index in [0.717, 1.165) is 0 Å². The molecular weight excluding hydrogens is 613 g/mol. The minimum Gasteiger partial charge on any atom is -0.495 e. The molecule has 0 aromatic heterocycles. The Labute approximate surface area is 250 Å². The monoisotopic (exact) mass is 632 g/mol. The van der Waals surface area contributed by atoms with Crippen LogP contribution in [0.2, 0.25) is 30.1 Å². The first-order chi connectivity index (χ1) is 17.9. The number of nitrogen functional groups attached to an aromatic ring is 4. The lowest BCUT2D eigenvalue weighted by atomic mass is 10.0. The lowest BCUT2D eigenvalue weighted by molar-refractivity contribution is 0.416. The Morgan fingerprint density at radius 2 is 0.658 bits per heavy atom. The molecule has 200 valence electrons. The van der Waals surface area contributed by atoms with Crippen LogP contribution >= 0.6 is 69.6 Å². The van der Waals surface area contributed by atoms with Gasteiger partial charge in [-0.05, 0) is 48.5 Å². The number of rotatable bonds is 4. The third kappa shape index (κ3) is 6.52. The van der Waals surface area contributed by atoms with E-state index >= 15 is 0 Å². The van der Waals surface area contributed by atoms with Gasteiger partial charge in [-0.1, -0.05) is 69.6 Å². The maximum Gasteiger partial charge on any atom is 0.142 e. The maximum absolute atomic E-state index is 6.23. The van der Waals surface area contributed by atoms with E-state index < -0.39 is 0 Å². The molecule has 0 amide bonds. The van der Waals surface area contributed by atoms with E-state index in [0.29, 0.717) is 86.6 Å². The average molecular weight is 635 g/mol. The van der Waals surface area contributed by atoms with Crippen molar-refractivity contribution < 1.29 is 9.47 Å². The third-order valence-corrected chi connectivity index (χ3v) is 7.30. The number of ether oxygens (including phenoxy) is 2. The maximum atomic E-state index is 6.23. The zero-order valence-corrected chi connectivity index (χ0v) is 24.5. The molecule has 0 saturated heterocycles. The van der Waals surface area contributed by atoms with Gasteiger partial charge in [0.05, 0.1) is 67.1 Å². The number of hydrogen-bond donors (Lipinski definition) is 4. The van der Waals surface area contributed by atoms with Crippen LogP contribution in [0.1, 0.15) is 0 Å². The molecule has 6 nitrogen and oxygen atoms in total. The van der Waals surface area contributed by atoms with Crippen molar-refractivity contribution in [3.8, 4) is 33.8 Å². The molecule has 4 aromatic rings. The van der Waals surface area contributed by atoms with Crippen LogP contribution in [0.4, 0.5) is 22.7 Å². The molecule has 0 saturated carbocycles. The second-order valence-electron chi connectivity index (χ2n) is 7.86. The normalized spacial score (nSPS) is 10.5. The predicted octanol–water partition coefficient (Wildman–Crippen LogP) is 8.97. The SMILES string of the molecule is COc1cc(-c2cc(OC)c(N)cc2Cl)c(Cl)cc1N.Nc1cc(Cl)c(-c2cc(Cl)c(N)cc2Cl)cc1Cl. The fourth-order valence-corrected chi connectivity index (χ4v) is 4.86. The molecule has 0 aliphatic carbocycles. The van der Waals surface area contributed by atoms with Crippen molar-refractivity contribution in [3.63, 3.8) is 0 Å². The minimum absolute atomic E-state index is 0.401. The van der Waals surface area contributed by atoms with E-state index in [9.17, 15) is 0 Å². The summed E-state index contributed by atoms with van der Waals surface area (Å²) in [4.78, 5) is 0. The molecule has 0 unspecified atom stereocenters. The summed E-state index contributed by atoms with van der Waals surface area (Å²) in [6.45, 7) is 0. The zero-order chi connectivity index (χ0) is 28.3. The molecular formula is C26H22Cl6N4O2. The van der Waals surface area contributed by atoms with Crippen LogP contribution in [0, 0.1) is 0 Å². The molecule has 8 N–H and O–H groups in total. The standard InChI is InChI=1S/C14H14Cl2N2O2.C12H8Cl4N2/c1-19-13-3-7(9(15)5-11(13)17)8-4-14(20-2)12(18)6-10(8)16;13-7-3-11(17)9(15)1-5(7)6-2-10(16)12(18)4-8(6)14/h3-6H,17-18H2,1-2H3;1-4H,17-18H2. The van der Waals surface area contributed by atoms with Gasteiger partial charge in [-0.15, -0.1) is 0 Å². The number of anilines is 4. The second-order valence-corrected chi connectivity index (χ2v) is 10.3. The van der Waals surface area contributed by atoms with Crippen LogP contribution < -0.4 is 32.4 Å². The van der Waals surface area contributed by atoms with Crippen molar-refractivity contribution in [1.82, 2.24) is 0 Å². The van der Waals surface area contributed by atoms with Gasteiger partial charge in [0.25, 0.3) is 0 Å². The smallest absolute Gasteiger partial charge is 0.142 e. The van der Waals surface area contributed by atoms with E-state index in [-0.39, 0.29) is 0 Å². The highest BCUT2D eigenvalue weighted by Gasteiger charge is 2.15. The summed E-state index contributed by atoms with van der Waals surface area (Å²) >= 11 is 36.7. The average Bonchev–Trinajstić information content (AvgIpc) is 2.85. The summed E-state index contributed by atoms with van der Waals surface area (Å²) in [5.74, 6) is 1.05. The Hall–Kier alpha value is -2.58. The predicted molar refractivity (Wildman–Crippen MR) is 165 cm³/mol. The number of methoxy groups -OCH3 is 2. The molecule has 4 aromatic carbocycles. The van der Waals surface area contributed by atoms with E-state index in [1.165, 1.54) is 14.2 Å². The largest absolute Gasteiger partial charge is 0.495 e. The van der Waals surface area contributed by atoms with Gasteiger partial charge in [0, 0.05) is 22.3 Å². The Balaban J connectivity index is 0.000000212. The summed E-state index contributed by atoms with van der Waals surface area (Å²) in [5, 5.41) is 2.63. The molecule has 4 rings (SSSR count). The van der Waals surface area contributed by atoms with Crippen molar-refractivity contribution in [1.29, 1.82) is 0 Å². The van der Waals surface area contributed by atoms with Crippen molar-refractivity contribution in [2.24, 2.45) is 0 Å². The number of halogens is 6. The van der Waals surface area contributed by atoms with E-state index in [4.69, 9.17) is 102 Å². The van der Waals surface area contributed by atoms with Gasteiger partial charge in [0.2, 0.25) is 0 Å². The minimum atomic E-state index is 0.401. The fourth-order valence-electron chi connectivity index (χ4n) is 3.44. The highest BCUT2D eigenvalue weighted by molar-refractivity contribution is 6.40. The Morgan fingerprint density at radius 1 is 0.395 bits per heavy atom. The van der Waals surface area contributed by atoms with E-state index in [1.807, 2.05) is 0 Å². The summed E-state index contributed by atoms with van der Waals surface area (Å²) in [7, 11) is 3.07. The Kier molecular flexibility index (Phi) is 9.87. The lowest BCUT2D eigenvalue weighted by Gasteiger charge is -2.13. The van der Waals surface area contributed by atoms with Gasteiger partial charge in [-0.2, -0.15) is 0 Å². The van der Waals surface area contributed by atoms with Gasteiger partial charge >= 0.3 is 0 Å². The van der Waals surface area contributed by atoms with Crippen molar-refractivity contribution in [3.05, 3.63) is 78.7 Å². The topological polar surface area (TPSA) is 123 Å². The van der Waals surface area contributed by atoms with Gasteiger partial charge < -0.3 is 32.4 Å². The third-order valence-electron chi connectivity index (χ3n) is 5.39. The highest BCUT2D eigenvalue weighted by Crippen LogP contribution is 2.42. The van der Waals surface area contributed by atoms with Crippen LogP contribution in [0.15, 0.2) is 48.5 Å². The second kappa shape index (κ2) is 12.5. The molecule has 0 bridgehead atoms. The van der Waals surface area contributed by atoms with Crippen molar-refractivity contribution >= 4 is 92.4 Å². The Morgan fingerprint density at radius 3 is 0.947 bits per heavy atom. The fraction of sp³-hybridized carbons (Fsp3) is 0.0769. The first kappa shape index (κ1) is 30.0. The van der Waals surface area contributed by atoms with Gasteiger partial charge in [-0.25, -0.2) is 0 Å². The number of hydrogen-bond acceptors (Lipinski definition) is 6. The van der Waals surface area contributed by atoms with Crippen LogP contribution in [0.25, 0.3) is 22.3 Å². The molecule has 0 fully saturated rings. The van der Waals surface area contributed by atoms with E-state index in [2.05, 4.69) is 0 Å². The first-order valence-corrected chi connectivity index (χ1v) is 12.9. The van der Waals surface area contributed by atoms with E-state index in [1.54, 1.807) is 48.5 Å². The molecule has 12 heteroatoms. The van der Waals surface area contributed by atoms with Crippen molar-refractivity contribution in [2.75, 3.05) is 37.2 Å². The van der Waals surface area contributed by atoms with Gasteiger partial charge in [0.15, 0.2) is 0 Å². The molecule has 0 aliphatic rings. The molecule has 38 heavy (non-hydrogen) atoms. The molecule has 0 radical (unpaired) electrons. The quantitative estimate of drug-likeness (QED) is 0.166. The summed E-state index contributed by atoms with van der Waals surface area (Å²) in [6, 6.07) is 13.1. The van der Waals surface area contributed by atoms with Crippen molar-refractivity contribution in [2.45, 2.75) is 0 Å². The summed E-state index contributed by atoms with van der Waals surface area (Å²) < 4.78 is 10.4. The zero-order valence-electron chi connectivity index (χ0n) is 20.0. The summed E-state index contributed by atoms with van der Waals surface area (Å²) in [6.07, 6.45) is 0. The number of nitrogens with two attached hydrogens (primary N) is 4. The number of benzene rings is 4. The molecule has 0 atom stereocenters. The van der Waals surface area contributed by atoms with Crippen LogP contribution in [0.5, 0.6) is 11.5 Å². The highest BCUT2D eigenvalue weighted by atomic mass is 35.5. The molecule has 0 aliphatic heterocycles. The summed E-state index contributed by atoms with van der Waals surface area (Å²) in [5.41, 5.74) is 27.4. The van der Waals surface area contributed by atoms with Gasteiger partial charge in [-0.3, -0.25) is 0 Å². The molecule has 0 spiro atoms. The molecule has 0 heterocycles.